The zero-order valence-corrected chi connectivity index (χ0v) is 52.3. The number of aliphatic hydroxyl groups excluding tert-OH is 2. The maximum absolute atomic E-state index is 14.6. The van der Waals surface area contributed by atoms with Crippen LogP contribution in [0.25, 0.3) is 0 Å². The second-order valence-electron chi connectivity index (χ2n) is 22.3. The minimum absolute atomic E-state index is 0.00495. The number of carbonyl (C=O) groups excluding carboxylic acids is 11. The van der Waals surface area contributed by atoms with Gasteiger partial charge in [-0.2, -0.15) is 0 Å². The molecule has 1 heterocycles. The smallest absolute Gasteiger partial charge is 0.245 e. The predicted octanol–water partition coefficient (Wildman–Crippen LogP) is -3.94. The Labute approximate surface area is 518 Å². The fourth-order valence-electron chi connectivity index (χ4n) is 9.17. The fourth-order valence-corrected chi connectivity index (χ4v) is 9.49. The standard InChI is InChI=1S/C56H96Cl2N16O13/c1-7-30(4)10-8-9-11-44(77)65-36(14-20-59)51(82)74-46(32(6)76)56(87)70-39(17-23-62)48(79)69-41-19-25-64-55(86)45(31(5)75)73-52(83)40(18-24-63)67-47(78)37(15-21-60)68-53(84)42(26-29(2)3)71-54(85)43(28-33-12-13-34(57)35(58)27-33)72-49(80)38(16-22-61)66-50(41)81/h12-13,27,29-32,36-43,45-46,75-76H,7-11,14-26,28,59-63H2,1-6H3,(H,64,86)(H,65,77)(H,66,81)(H,67,78)(H,68,84)(H,69,79)(H,70,87)(H,71,85)(H,72,80)(H,73,83)(H,74,82)/t30-,31+,32+,36-,37-,38-,39-,40-,41-,42-,43+,45-,46-/m0/s1. The lowest BCUT2D eigenvalue weighted by Gasteiger charge is -2.29. The molecule has 0 saturated carbocycles. The first kappa shape index (κ1) is 76.8. The van der Waals surface area contributed by atoms with E-state index in [1.165, 1.54) is 32.0 Å². The summed E-state index contributed by atoms with van der Waals surface area (Å²) < 4.78 is 0. The molecule has 13 atom stereocenters. The molecule has 23 N–H and O–H groups in total. The molecule has 1 aromatic carbocycles. The van der Waals surface area contributed by atoms with Gasteiger partial charge in [-0.1, -0.05) is 76.2 Å². The number of nitrogens with one attached hydrogen (secondary N) is 11. The first-order valence-electron chi connectivity index (χ1n) is 29.8. The number of carbonyl (C=O) groups is 11. The summed E-state index contributed by atoms with van der Waals surface area (Å²) in [6, 6.07) is -10.7. The van der Waals surface area contributed by atoms with Gasteiger partial charge in [0.15, 0.2) is 0 Å². The van der Waals surface area contributed by atoms with Crippen LogP contribution in [0.1, 0.15) is 124 Å². The molecule has 1 aromatic rings. The van der Waals surface area contributed by atoms with E-state index in [1.807, 2.05) is 0 Å². The Morgan fingerprint density at radius 2 is 1.09 bits per heavy atom. The molecule has 29 nitrogen and oxygen atoms in total. The summed E-state index contributed by atoms with van der Waals surface area (Å²) >= 11 is 12.6. The molecule has 0 aromatic heterocycles. The first-order chi connectivity index (χ1) is 41.1. The molecule has 0 unspecified atom stereocenters. The van der Waals surface area contributed by atoms with Crippen molar-refractivity contribution in [2.45, 2.75) is 198 Å². The van der Waals surface area contributed by atoms with Crippen molar-refractivity contribution in [1.82, 2.24) is 58.5 Å². The van der Waals surface area contributed by atoms with Crippen molar-refractivity contribution in [3.8, 4) is 0 Å². The maximum atomic E-state index is 14.6. The average molecular weight is 1270 g/mol. The first-order valence-corrected chi connectivity index (χ1v) is 30.5. The highest BCUT2D eigenvalue weighted by Crippen LogP contribution is 2.24. The minimum atomic E-state index is -1.71. The molecule has 1 aliphatic heterocycles. The third-order valence-electron chi connectivity index (χ3n) is 14.4. The lowest BCUT2D eigenvalue weighted by Crippen LogP contribution is -2.62. The molecule has 1 fully saturated rings. The van der Waals surface area contributed by atoms with Gasteiger partial charge in [-0.25, -0.2) is 0 Å². The summed E-state index contributed by atoms with van der Waals surface area (Å²) in [5, 5.41) is 49.8. The number of hydrogen-bond donors (Lipinski definition) is 18. The van der Waals surface area contributed by atoms with Crippen LogP contribution >= 0.6 is 23.2 Å². The van der Waals surface area contributed by atoms with Crippen LogP contribution in [-0.2, 0) is 59.2 Å². The highest BCUT2D eigenvalue weighted by Gasteiger charge is 2.38. The van der Waals surface area contributed by atoms with Crippen LogP contribution in [0.3, 0.4) is 0 Å². The molecular formula is C56H96Cl2N16O13. The molecule has 0 spiro atoms. The van der Waals surface area contributed by atoms with E-state index in [2.05, 4.69) is 72.3 Å². The van der Waals surface area contributed by atoms with E-state index in [9.17, 15) is 63.0 Å². The molecule has 0 radical (unpaired) electrons. The lowest BCUT2D eigenvalue weighted by atomic mass is 10.00. The van der Waals surface area contributed by atoms with Gasteiger partial charge < -0.3 is 97.4 Å². The Kier molecular flexibility index (Phi) is 35.5. The predicted molar refractivity (Wildman–Crippen MR) is 326 cm³/mol. The number of hydrogen-bond acceptors (Lipinski definition) is 18. The van der Waals surface area contributed by atoms with Gasteiger partial charge in [0.05, 0.1) is 22.3 Å². The van der Waals surface area contributed by atoms with Crippen molar-refractivity contribution in [3.63, 3.8) is 0 Å². The van der Waals surface area contributed by atoms with E-state index in [-0.39, 0.29) is 100 Å². The summed E-state index contributed by atoms with van der Waals surface area (Å²) in [5.74, 6) is -9.80. The molecule has 87 heavy (non-hydrogen) atoms. The fraction of sp³-hybridized carbons (Fsp3) is 0.696. The molecule has 1 saturated heterocycles. The van der Waals surface area contributed by atoms with Crippen molar-refractivity contribution >= 4 is 88.2 Å². The second kappa shape index (κ2) is 40.3. The molecular weight excluding hydrogens is 1180 g/mol. The largest absolute Gasteiger partial charge is 0.391 e. The van der Waals surface area contributed by atoms with Gasteiger partial charge in [0, 0.05) is 19.4 Å². The van der Waals surface area contributed by atoms with E-state index >= 15 is 0 Å². The molecule has 2 rings (SSSR count). The van der Waals surface area contributed by atoms with Gasteiger partial charge in [-0.3, -0.25) is 52.7 Å². The molecule has 0 aliphatic carbocycles. The Morgan fingerprint density at radius 1 is 0.586 bits per heavy atom. The number of amides is 11. The van der Waals surface area contributed by atoms with Gasteiger partial charge in [0.25, 0.3) is 0 Å². The van der Waals surface area contributed by atoms with Gasteiger partial charge in [0.1, 0.15) is 60.4 Å². The normalized spacial score (nSPS) is 22.7. The van der Waals surface area contributed by atoms with E-state index < -0.39 is 151 Å². The van der Waals surface area contributed by atoms with E-state index in [1.54, 1.807) is 13.8 Å². The number of rotatable bonds is 29. The zero-order valence-electron chi connectivity index (χ0n) is 50.8. The van der Waals surface area contributed by atoms with Crippen molar-refractivity contribution in [2.75, 3.05) is 39.3 Å². The van der Waals surface area contributed by atoms with Crippen LogP contribution in [0.5, 0.6) is 0 Å². The second-order valence-corrected chi connectivity index (χ2v) is 23.1. The Bertz CT molecular complexity index is 2440. The van der Waals surface area contributed by atoms with Crippen molar-refractivity contribution in [2.24, 2.45) is 40.5 Å². The van der Waals surface area contributed by atoms with E-state index in [0.29, 0.717) is 17.9 Å². The summed E-state index contributed by atoms with van der Waals surface area (Å²) in [5.41, 5.74) is 29.8. The summed E-state index contributed by atoms with van der Waals surface area (Å²) in [6.07, 6.45) is -1.42. The maximum Gasteiger partial charge on any atom is 0.245 e. The Balaban J connectivity index is 2.72. The molecule has 11 amide bonds. The van der Waals surface area contributed by atoms with Gasteiger partial charge in [0.2, 0.25) is 65.0 Å². The number of aliphatic hydroxyl groups is 2. The highest BCUT2D eigenvalue weighted by atomic mass is 35.5. The van der Waals surface area contributed by atoms with Gasteiger partial charge in [-0.05, 0) is 127 Å². The van der Waals surface area contributed by atoms with Crippen molar-refractivity contribution in [1.29, 1.82) is 0 Å². The Hall–Kier alpha value is -6.31. The van der Waals surface area contributed by atoms with Gasteiger partial charge >= 0.3 is 0 Å². The van der Waals surface area contributed by atoms with Crippen LogP contribution in [-0.4, -0.2) is 187 Å². The summed E-state index contributed by atoms with van der Waals surface area (Å²) in [7, 11) is 0. The van der Waals surface area contributed by atoms with Crippen molar-refractivity contribution in [3.05, 3.63) is 33.8 Å². The highest BCUT2D eigenvalue weighted by molar-refractivity contribution is 6.42. The number of benzene rings is 1. The number of nitrogens with two attached hydrogens (primary N) is 5. The minimum Gasteiger partial charge on any atom is -0.391 e. The summed E-state index contributed by atoms with van der Waals surface area (Å²) in [4.78, 5) is 154. The lowest BCUT2D eigenvalue weighted by molar-refractivity contribution is -0.137. The van der Waals surface area contributed by atoms with E-state index in [4.69, 9.17) is 51.9 Å². The van der Waals surface area contributed by atoms with Crippen LogP contribution in [0.4, 0.5) is 0 Å². The quantitative estimate of drug-likeness (QED) is 0.0341. The van der Waals surface area contributed by atoms with Crippen LogP contribution in [0, 0.1) is 11.8 Å². The van der Waals surface area contributed by atoms with Crippen LogP contribution in [0.2, 0.25) is 10.0 Å². The van der Waals surface area contributed by atoms with Crippen LogP contribution in [0.15, 0.2) is 18.2 Å². The SMILES string of the molecule is CC[C@H](C)CCCCC(=O)N[C@@H](CCN)C(=O)N[C@H](C(=O)N[C@@H](CCN)C(=O)N[C@H]1CCNC(=O)[C@H]([C@@H](C)O)NC(=O)[C@H](CCN)NC(=O)[C@H](CCN)NC(=O)[C@H](CC(C)C)NC(=O)[C@@H](Cc2ccc(Cl)c(Cl)c2)NC(=O)[C@H](CCN)NC1=O)[C@@H](C)O. The molecule has 492 valence electrons. The van der Waals surface area contributed by atoms with E-state index in [0.717, 1.165) is 19.3 Å². The monoisotopic (exact) mass is 1270 g/mol. The molecule has 1 aliphatic rings. The zero-order chi connectivity index (χ0) is 65.5. The molecule has 31 heteroatoms. The number of halogens is 2. The third kappa shape index (κ3) is 27.3. The Morgan fingerprint density at radius 3 is 1.60 bits per heavy atom. The van der Waals surface area contributed by atoms with Gasteiger partial charge in [-0.15, -0.1) is 0 Å². The van der Waals surface area contributed by atoms with Crippen molar-refractivity contribution < 1.29 is 63.0 Å². The number of unbranched alkanes of at least 4 members (excludes halogenated alkanes) is 1. The molecule has 0 bridgehead atoms. The third-order valence-corrected chi connectivity index (χ3v) is 15.1. The average Bonchev–Trinajstić information content (AvgIpc) is 3.34. The van der Waals surface area contributed by atoms with Crippen LogP contribution < -0.4 is 87.2 Å². The summed E-state index contributed by atoms with van der Waals surface area (Å²) in [6.45, 7) is 8.82. The topological polar surface area (TPSA) is 491 Å².